The molecule has 132 valence electrons. The molecule has 2 heterocycles. The first-order chi connectivity index (χ1) is 12.5. The Labute approximate surface area is 154 Å². The van der Waals surface area contributed by atoms with Gasteiger partial charge in [0.25, 0.3) is 0 Å². The molecule has 0 amide bonds. The van der Waals surface area contributed by atoms with Crippen LogP contribution in [0.1, 0.15) is 24.5 Å². The van der Waals surface area contributed by atoms with E-state index in [4.69, 9.17) is 0 Å². The zero-order chi connectivity index (χ0) is 18.2. The molecule has 1 aliphatic heterocycles. The lowest BCUT2D eigenvalue weighted by Crippen LogP contribution is -2.47. The summed E-state index contributed by atoms with van der Waals surface area (Å²) in [6.45, 7) is 2.16. The van der Waals surface area contributed by atoms with E-state index >= 15 is 0 Å². The molecule has 0 saturated carbocycles. The highest BCUT2D eigenvalue weighted by atomic mass is 32.2. The summed E-state index contributed by atoms with van der Waals surface area (Å²) in [6, 6.07) is 11.4. The molecular weight excluding hydrogens is 344 g/mol. The number of nitrogens with zero attached hydrogens (tertiary/aromatic N) is 2. The molecule has 1 aliphatic carbocycles. The molecule has 26 heavy (non-hydrogen) atoms. The Kier molecular flexibility index (Phi) is 4.04. The van der Waals surface area contributed by atoms with Crippen LogP contribution in [0.4, 0.5) is 5.69 Å². The van der Waals surface area contributed by atoms with Crippen LogP contribution < -0.4 is 4.31 Å². The number of aromatic nitrogens is 1. The molecule has 0 radical (unpaired) electrons. The predicted molar refractivity (Wildman–Crippen MR) is 106 cm³/mol. The standard InChI is InChI=1S/C21H20N2O2S/c1-21(12-4-7-19(16-21)17-10-13-22-14-11-17)26(24,25)23-15-5-8-18-6-2-3-9-20(18)23/h2-14H,15-16H2,1H3. The van der Waals surface area contributed by atoms with Crippen molar-refractivity contribution in [3.05, 3.63) is 84.2 Å². The smallest absolute Gasteiger partial charge is 0.244 e. The van der Waals surface area contributed by atoms with Crippen molar-refractivity contribution in [2.24, 2.45) is 0 Å². The molecular formula is C21H20N2O2S. The summed E-state index contributed by atoms with van der Waals surface area (Å²) < 4.78 is 27.7. The van der Waals surface area contributed by atoms with Gasteiger partial charge in [0, 0.05) is 12.4 Å². The number of pyridine rings is 1. The lowest BCUT2D eigenvalue weighted by molar-refractivity contribution is 0.560. The minimum absolute atomic E-state index is 0.358. The average Bonchev–Trinajstić information content (AvgIpc) is 2.68. The maximum Gasteiger partial charge on any atom is 0.244 e. The highest BCUT2D eigenvalue weighted by molar-refractivity contribution is 7.94. The molecule has 1 unspecified atom stereocenters. The summed E-state index contributed by atoms with van der Waals surface area (Å²) >= 11 is 0. The molecule has 1 aromatic heterocycles. The zero-order valence-corrected chi connectivity index (χ0v) is 15.4. The Balaban J connectivity index is 1.72. The van der Waals surface area contributed by atoms with Gasteiger partial charge in [0.15, 0.2) is 0 Å². The van der Waals surface area contributed by atoms with Gasteiger partial charge in [-0.25, -0.2) is 8.42 Å². The zero-order valence-electron chi connectivity index (χ0n) is 14.5. The van der Waals surface area contributed by atoms with Gasteiger partial charge < -0.3 is 0 Å². The number of para-hydroxylation sites is 1. The van der Waals surface area contributed by atoms with Gasteiger partial charge in [-0.1, -0.05) is 48.6 Å². The highest BCUT2D eigenvalue weighted by Gasteiger charge is 2.43. The summed E-state index contributed by atoms with van der Waals surface area (Å²) in [5.74, 6) is 0. The van der Waals surface area contributed by atoms with Gasteiger partial charge in [0.2, 0.25) is 10.0 Å². The summed E-state index contributed by atoms with van der Waals surface area (Å²) in [7, 11) is -3.60. The Morgan fingerprint density at radius 3 is 2.69 bits per heavy atom. The SMILES string of the molecule is CC1(S(=O)(=O)N2CC=Cc3ccccc32)C=CC=C(c2ccncc2)C1. The number of allylic oxidation sites excluding steroid dienone is 3. The van der Waals surface area contributed by atoms with E-state index in [9.17, 15) is 8.42 Å². The minimum atomic E-state index is -3.60. The van der Waals surface area contributed by atoms with E-state index in [1.807, 2.05) is 60.7 Å². The summed E-state index contributed by atoms with van der Waals surface area (Å²) in [5, 5.41) is 0. The molecule has 0 saturated heterocycles. The second-order valence-electron chi connectivity index (χ2n) is 6.77. The Morgan fingerprint density at radius 1 is 1.12 bits per heavy atom. The van der Waals surface area contributed by atoms with Crippen molar-refractivity contribution in [3.8, 4) is 0 Å². The largest absolute Gasteiger partial charge is 0.265 e. The van der Waals surface area contributed by atoms with E-state index in [1.165, 1.54) is 4.31 Å². The fourth-order valence-electron chi connectivity index (χ4n) is 3.51. The van der Waals surface area contributed by atoms with Crippen molar-refractivity contribution in [1.29, 1.82) is 0 Å². The van der Waals surface area contributed by atoms with Crippen LogP contribution in [-0.4, -0.2) is 24.7 Å². The van der Waals surface area contributed by atoms with Crippen LogP contribution in [-0.2, 0) is 10.0 Å². The third-order valence-corrected chi connectivity index (χ3v) is 7.38. The number of hydrogen-bond donors (Lipinski definition) is 0. The first kappa shape index (κ1) is 16.8. The van der Waals surface area contributed by atoms with Gasteiger partial charge in [-0.2, -0.15) is 0 Å². The van der Waals surface area contributed by atoms with Gasteiger partial charge >= 0.3 is 0 Å². The molecule has 0 fully saturated rings. The highest BCUT2D eigenvalue weighted by Crippen LogP contribution is 2.40. The van der Waals surface area contributed by atoms with Crippen molar-refractivity contribution < 1.29 is 8.42 Å². The third kappa shape index (κ3) is 2.69. The second-order valence-corrected chi connectivity index (χ2v) is 9.10. The van der Waals surface area contributed by atoms with Crippen molar-refractivity contribution in [1.82, 2.24) is 4.98 Å². The average molecular weight is 364 g/mol. The van der Waals surface area contributed by atoms with Crippen LogP contribution >= 0.6 is 0 Å². The predicted octanol–water partition coefficient (Wildman–Crippen LogP) is 4.05. The lowest BCUT2D eigenvalue weighted by atomic mass is 9.91. The molecule has 2 aromatic rings. The summed E-state index contributed by atoms with van der Waals surface area (Å²) in [4.78, 5) is 4.04. The molecule has 5 heteroatoms. The quantitative estimate of drug-likeness (QED) is 0.826. The maximum atomic E-state index is 13.6. The number of rotatable bonds is 3. The van der Waals surface area contributed by atoms with Crippen LogP contribution in [0.3, 0.4) is 0 Å². The fraction of sp³-hybridized carbons (Fsp3) is 0.190. The molecule has 0 bridgehead atoms. The molecule has 0 N–H and O–H groups in total. The summed E-state index contributed by atoms with van der Waals surface area (Å²) in [5.41, 5.74) is 3.67. The lowest BCUT2D eigenvalue weighted by Gasteiger charge is -2.37. The summed E-state index contributed by atoms with van der Waals surface area (Å²) in [6.07, 6.45) is 13.4. The normalized spacial score (nSPS) is 22.0. The van der Waals surface area contributed by atoms with Crippen molar-refractivity contribution >= 4 is 27.4 Å². The van der Waals surface area contributed by atoms with E-state index in [-0.39, 0.29) is 0 Å². The number of fused-ring (bicyclic) bond motifs is 1. The topological polar surface area (TPSA) is 50.3 Å². The Bertz CT molecular complexity index is 1020. The molecule has 0 spiro atoms. The van der Waals surface area contributed by atoms with Crippen LogP contribution in [0.2, 0.25) is 0 Å². The van der Waals surface area contributed by atoms with E-state index in [2.05, 4.69) is 4.98 Å². The van der Waals surface area contributed by atoms with Gasteiger partial charge in [-0.3, -0.25) is 9.29 Å². The van der Waals surface area contributed by atoms with Crippen LogP contribution in [0, 0.1) is 0 Å². The van der Waals surface area contributed by atoms with E-state index < -0.39 is 14.8 Å². The minimum Gasteiger partial charge on any atom is -0.265 e. The van der Waals surface area contributed by atoms with Gasteiger partial charge in [0.1, 0.15) is 4.75 Å². The van der Waals surface area contributed by atoms with Crippen molar-refractivity contribution in [2.75, 3.05) is 10.8 Å². The molecule has 4 rings (SSSR count). The number of sulfonamides is 1. The maximum absolute atomic E-state index is 13.6. The van der Waals surface area contributed by atoms with Crippen molar-refractivity contribution in [3.63, 3.8) is 0 Å². The van der Waals surface area contributed by atoms with E-state index in [0.717, 1.165) is 22.4 Å². The third-order valence-electron chi connectivity index (χ3n) is 4.99. The Hall–Kier alpha value is -2.66. The van der Waals surface area contributed by atoms with Crippen LogP contribution in [0.25, 0.3) is 11.6 Å². The Morgan fingerprint density at radius 2 is 1.88 bits per heavy atom. The molecule has 1 aromatic carbocycles. The van der Waals surface area contributed by atoms with Gasteiger partial charge in [0.05, 0.1) is 12.2 Å². The molecule has 4 nitrogen and oxygen atoms in total. The van der Waals surface area contributed by atoms with Crippen LogP contribution in [0.5, 0.6) is 0 Å². The molecule has 2 aliphatic rings. The number of benzene rings is 1. The monoisotopic (exact) mass is 364 g/mol. The second kappa shape index (κ2) is 6.25. The van der Waals surface area contributed by atoms with Gasteiger partial charge in [-0.15, -0.1) is 0 Å². The van der Waals surface area contributed by atoms with Crippen LogP contribution in [0.15, 0.2) is 73.1 Å². The number of anilines is 1. The van der Waals surface area contributed by atoms with E-state index in [1.54, 1.807) is 25.4 Å². The fourth-order valence-corrected chi connectivity index (χ4v) is 5.31. The number of hydrogen-bond acceptors (Lipinski definition) is 3. The molecule has 1 atom stereocenters. The first-order valence-electron chi connectivity index (χ1n) is 8.58. The van der Waals surface area contributed by atoms with Gasteiger partial charge in [-0.05, 0) is 48.2 Å². The first-order valence-corrected chi connectivity index (χ1v) is 10.0. The van der Waals surface area contributed by atoms with Crippen molar-refractivity contribution in [2.45, 2.75) is 18.1 Å². The van der Waals surface area contributed by atoms with E-state index in [0.29, 0.717) is 13.0 Å².